The molecule has 0 aromatic rings. The molecule has 0 heterocycles. The number of rotatable bonds is 8. The highest BCUT2D eigenvalue weighted by molar-refractivity contribution is 7.86. The van der Waals surface area contributed by atoms with Gasteiger partial charge in [0.25, 0.3) is 10.2 Å². The Morgan fingerprint density at radius 1 is 1.24 bits per heavy atom. The number of hydrogen-bond acceptors (Lipinski definition) is 3. The quantitative estimate of drug-likeness (QED) is 0.742. The van der Waals surface area contributed by atoms with Crippen molar-refractivity contribution in [1.82, 2.24) is 8.61 Å². The molecule has 1 N–H and O–H groups in total. The first-order valence-electron chi connectivity index (χ1n) is 7.73. The van der Waals surface area contributed by atoms with E-state index in [4.69, 9.17) is 5.11 Å². The molecule has 0 bridgehead atoms. The molecule has 1 fully saturated rings. The second-order valence-electron chi connectivity index (χ2n) is 6.02. The average molecular weight is 320 g/mol. The second-order valence-corrected chi connectivity index (χ2v) is 7.96. The first-order valence-corrected chi connectivity index (χ1v) is 9.13. The van der Waals surface area contributed by atoms with Gasteiger partial charge in [-0.1, -0.05) is 19.3 Å². The maximum absolute atomic E-state index is 12.8. The van der Waals surface area contributed by atoms with E-state index < -0.39 is 16.2 Å². The van der Waals surface area contributed by atoms with E-state index in [1.54, 1.807) is 7.05 Å². The number of aliphatic carboxylic acids is 1. The largest absolute Gasteiger partial charge is 0.481 e. The maximum Gasteiger partial charge on any atom is 0.303 e. The van der Waals surface area contributed by atoms with Crippen molar-refractivity contribution in [2.45, 2.75) is 70.9 Å². The minimum atomic E-state index is -3.52. The molecule has 1 saturated carbocycles. The molecular formula is C14H28N2O4S. The number of carboxylic acids is 1. The van der Waals surface area contributed by atoms with Gasteiger partial charge in [0.1, 0.15) is 0 Å². The van der Waals surface area contributed by atoms with Gasteiger partial charge in [0.05, 0.1) is 0 Å². The lowest BCUT2D eigenvalue weighted by atomic mass is 9.96. The summed E-state index contributed by atoms with van der Waals surface area (Å²) in [5, 5.41) is 8.70. The van der Waals surface area contributed by atoms with Gasteiger partial charge in [-0.25, -0.2) is 0 Å². The summed E-state index contributed by atoms with van der Waals surface area (Å²) in [6.07, 6.45) is 5.48. The van der Waals surface area contributed by atoms with E-state index >= 15 is 0 Å². The Morgan fingerprint density at radius 3 is 2.29 bits per heavy atom. The Labute approximate surface area is 128 Å². The van der Waals surface area contributed by atoms with Crippen molar-refractivity contribution in [3.63, 3.8) is 0 Å². The maximum atomic E-state index is 12.8. The Bertz CT molecular complexity index is 430. The molecule has 0 radical (unpaired) electrons. The Hall–Kier alpha value is -0.660. The van der Waals surface area contributed by atoms with Crippen LogP contribution in [0.1, 0.15) is 58.8 Å². The third-order valence-electron chi connectivity index (χ3n) is 4.09. The zero-order valence-electron chi connectivity index (χ0n) is 13.3. The van der Waals surface area contributed by atoms with Crippen molar-refractivity contribution < 1.29 is 18.3 Å². The van der Waals surface area contributed by atoms with Gasteiger partial charge in [0.2, 0.25) is 0 Å². The van der Waals surface area contributed by atoms with Crippen molar-refractivity contribution in [3.8, 4) is 0 Å². The molecule has 0 spiro atoms. The van der Waals surface area contributed by atoms with Gasteiger partial charge in [-0.2, -0.15) is 17.0 Å². The summed E-state index contributed by atoms with van der Waals surface area (Å²) >= 11 is 0. The van der Waals surface area contributed by atoms with Crippen LogP contribution in [0.5, 0.6) is 0 Å². The molecule has 0 unspecified atom stereocenters. The predicted octanol–water partition coefficient (Wildman–Crippen LogP) is 2.07. The number of nitrogens with zero attached hydrogens (tertiary/aromatic N) is 2. The molecule has 6 nitrogen and oxygen atoms in total. The van der Waals surface area contributed by atoms with Gasteiger partial charge >= 0.3 is 5.97 Å². The topological polar surface area (TPSA) is 77.9 Å². The van der Waals surface area contributed by atoms with Crippen LogP contribution in [-0.2, 0) is 15.0 Å². The lowest BCUT2D eigenvalue weighted by molar-refractivity contribution is -0.137. The van der Waals surface area contributed by atoms with E-state index in [1.807, 2.05) is 13.8 Å². The van der Waals surface area contributed by atoms with Crippen molar-refractivity contribution in [2.75, 3.05) is 13.6 Å². The van der Waals surface area contributed by atoms with Crippen LogP contribution in [0.2, 0.25) is 0 Å². The van der Waals surface area contributed by atoms with Gasteiger partial charge in [0.15, 0.2) is 0 Å². The minimum Gasteiger partial charge on any atom is -0.481 e. The molecule has 0 aromatic carbocycles. The van der Waals surface area contributed by atoms with E-state index in [1.165, 1.54) is 15.0 Å². The van der Waals surface area contributed by atoms with E-state index in [-0.39, 0.29) is 25.0 Å². The van der Waals surface area contributed by atoms with Gasteiger partial charge in [0, 0.05) is 32.1 Å². The average Bonchev–Trinajstić information content (AvgIpc) is 2.42. The summed E-state index contributed by atoms with van der Waals surface area (Å²) in [7, 11) is -1.87. The molecule has 7 heteroatoms. The van der Waals surface area contributed by atoms with Crippen LogP contribution in [0.3, 0.4) is 0 Å². The highest BCUT2D eigenvalue weighted by Crippen LogP contribution is 2.25. The number of hydrogen-bond donors (Lipinski definition) is 1. The van der Waals surface area contributed by atoms with Gasteiger partial charge in [-0.15, -0.1) is 0 Å². The van der Waals surface area contributed by atoms with Crippen molar-refractivity contribution in [2.24, 2.45) is 0 Å². The van der Waals surface area contributed by atoms with E-state index in [2.05, 4.69) is 0 Å². The third-order valence-corrected chi connectivity index (χ3v) is 6.32. The summed E-state index contributed by atoms with van der Waals surface area (Å²) in [5.41, 5.74) is 0. The smallest absolute Gasteiger partial charge is 0.303 e. The molecule has 1 aliphatic carbocycles. The molecule has 21 heavy (non-hydrogen) atoms. The second kappa shape index (κ2) is 8.10. The minimum absolute atomic E-state index is 0.00805. The van der Waals surface area contributed by atoms with Crippen LogP contribution in [-0.4, -0.2) is 53.8 Å². The van der Waals surface area contributed by atoms with E-state index in [0.717, 1.165) is 25.7 Å². The molecule has 1 aliphatic rings. The van der Waals surface area contributed by atoms with E-state index in [9.17, 15) is 13.2 Å². The van der Waals surface area contributed by atoms with Crippen LogP contribution in [0.25, 0.3) is 0 Å². The highest BCUT2D eigenvalue weighted by Gasteiger charge is 2.33. The molecular weight excluding hydrogens is 292 g/mol. The predicted molar refractivity (Wildman–Crippen MR) is 82.3 cm³/mol. The van der Waals surface area contributed by atoms with Gasteiger partial charge < -0.3 is 5.11 Å². The van der Waals surface area contributed by atoms with Crippen molar-refractivity contribution >= 4 is 16.2 Å². The van der Waals surface area contributed by atoms with Crippen LogP contribution in [0.15, 0.2) is 0 Å². The summed E-state index contributed by atoms with van der Waals surface area (Å²) in [6.45, 7) is 3.91. The van der Waals surface area contributed by atoms with Crippen LogP contribution >= 0.6 is 0 Å². The van der Waals surface area contributed by atoms with Crippen LogP contribution in [0.4, 0.5) is 0 Å². The Morgan fingerprint density at radius 2 is 1.81 bits per heavy atom. The SMILES string of the molecule is CC(C)N(CCCC(=O)O)S(=O)(=O)N(C)C1CCCCC1. The number of carbonyl (C=O) groups is 1. The summed E-state index contributed by atoms with van der Waals surface area (Å²) in [5.74, 6) is -0.892. The fraction of sp³-hybridized carbons (Fsp3) is 0.929. The molecule has 0 atom stereocenters. The zero-order chi connectivity index (χ0) is 16.0. The van der Waals surface area contributed by atoms with Crippen molar-refractivity contribution in [3.05, 3.63) is 0 Å². The van der Waals surface area contributed by atoms with Crippen molar-refractivity contribution in [1.29, 1.82) is 0 Å². The van der Waals surface area contributed by atoms with Crippen LogP contribution < -0.4 is 0 Å². The molecule has 0 amide bonds. The molecule has 0 aromatic heterocycles. The summed E-state index contributed by atoms with van der Waals surface area (Å²) < 4.78 is 28.4. The van der Waals surface area contributed by atoms with Gasteiger partial charge in [-0.3, -0.25) is 4.79 Å². The Kier molecular flexibility index (Phi) is 7.09. The standard InChI is InChI=1S/C14H28N2O4S/c1-12(2)16(11-7-10-14(17)18)21(19,20)15(3)13-8-5-4-6-9-13/h12-13H,4-11H2,1-3H3,(H,17,18). The highest BCUT2D eigenvalue weighted by atomic mass is 32.2. The first-order chi connectivity index (χ1) is 9.76. The fourth-order valence-corrected chi connectivity index (χ4v) is 4.64. The molecule has 124 valence electrons. The lowest BCUT2D eigenvalue weighted by Crippen LogP contribution is -2.49. The normalized spacial score (nSPS) is 17.8. The third kappa shape index (κ3) is 5.23. The van der Waals surface area contributed by atoms with Crippen LogP contribution in [0, 0.1) is 0 Å². The first kappa shape index (κ1) is 18.4. The molecule has 0 saturated heterocycles. The summed E-state index contributed by atoms with van der Waals surface area (Å²) in [4.78, 5) is 10.6. The lowest BCUT2D eigenvalue weighted by Gasteiger charge is -2.36. The zero-order valence-corrected chi connectivity index (χ0v) is 14.1. The van der Waals surface area contributed by atoms with E-state index in [0.29, 0.717) is 6.42 Å². The monoisotopic (exact) mass is 320 g/mol. The molecule has 0 aliphatic heterocycles. The summed E-state index contributed by atoms with van der Waals surface area (Å²) in [6, 6.07) is -0.0979. The van der Waals surface area contributed by atoms with Gasteiger partial charge in [-0.05, 0) is 33.1 Å². The fourth-order valence-electron chi connectivity index (χ4n) is 2.82. The Balaban J connectivity index is 2.75. The number of carboxylic acid groups (broad SMARTS) is 1. The molecule has 1 rings (SSSR count).